The first-order valence-corrected chi connectivity index (χ1v) is 6.78. The molecule has 0 unspecified atom stereocenters. The van der Waals surface area contributed by atoms with Gasteiger partial charge in [0.05, 0.1) is 5.52 Å². The molecule has 17 heavy (non-hydrogen) atoms. The number of aromatic nitrogens is 1. The lowest BCUT2D eigenvalue weighted by Crippen LogP contribution is -2.05. The summed E-state index contributed by atoms with van der Waals surface area (Å²) in [5, 5.41) is 1.31. The predicted octanol–water partition coefficient (Wildman–Crippen LogP) is 4.07. The first-order valence-electron chi connectivity index (χ1n) is 6.78. The van der Waals surface area contributed by atoms with Gasteiger partial charge in [-0.15, -0.1) is 0 Å². The highest BCUT2D eigenvalue weighted by atomic mass is 14.7. The highest BCUT2D eigenvalue weighted by Crippen LogP contribution is 2.24. The van der Waals surface area contributed by atoms with E-state index in [9.17, 15) is 0 Å². The molecule has 0 atom stereocenters. The molecule has 0 N–H and O–H groups in total. The summed E-state index contributed by atoms with van der Waals surface area (Å²) in [5.41, 5.74) is 5.43. The van der Waals surface area contributed by atoms with Crippen LogP contribution in [0.1, 0.15) is 43.0 Å². The maximum Gasteiger partial charge on any atom is 0.0708 e. The zero-order valence-electron chi connectivity index (χ0n) is 10.5. The van der Waals surface area contributed by atoms with E-state index in [2.05, 4.69) is 31.2 Å². The highest BCUT2D eigenvalue weighted by molar-refractivity contribution is 5.80. The average molecular weight is 225 g/mol. The Morgan fingerprint density at radius 2 is 2.00 bits per heavy atom. The molecule has 2 aromatic rings. The third-order valence-corrected chi connectivity index (χ3v) is 3.70. The van der Waals surface area contributed by atoms with E-state index < -0.39 is 0 Å². The topological polar surface area (TPSA) is 12.9 Å². The molecule has 1 aliphatic rings. The van der Waals surface area contributed by atoms with Gasteiger partial charge in [0.1, 0.15) is 0 Å². The Bertz CT molecular complexity index is 542. The van der Waals surface area contributed by atoms with E-state index in [0.29, 0.717) is 0 Å². The van der Waals surface area contributed by atoms with Gasteiger partial charge in [0.25, 0.3) is 0 Å². The molecule has 1 heteroatoms. The molecular weight excluding hydrogens is 206 g/mol. The zero-order chi connectivity index (χ0) is 11.7. The molecule has 1 aromatic heterocycles. The molecular formula is C16H19N. The largest absolute Gasteiger partial charge is 0.253 e. The molecule has 1 aliphatic carbocycles. The monoisotopic (exact) mass is 225 g/mol. The Morgan fingerprint density at radius 3 is 2.88 bits per heavy atom. The summed E-state index contributed by atoms with van der Waals surface area (Å²) in [4.78, 5) is 4.86. The molecule has 1 aromatic carbocycles. The molecule has 0 saturated carbocycles. The minimum Gasteiger partial charge on any atom is -0.253 e. The number of fused-ring (bicyclic) bond motifs is 2. The number of hydrogen-bond donors (Lipinski definition) is 0. The number of hydrogen-bond acceptors (Lipinski definition) is 1. The van der Waals surface area contributed by atoms with E-state index in [0.717, 1.165) is 6.42 Å². The Morgan fingerprint density at radius 1 is 1.12 bits per heavy atom. The molecule has 0 bridgehead atoms. The second kappa shape index (κ2) is 4.48. The number of aryl methyl sites for hydroxylation is 3. The van der Waals surface area contributed by atoms with E-state index in [1.807, 2.05) is 0 Å². The first-order chi connectivity index (χ1) is 8.36. The van der Waals surface area contributed by atoms with Gasteiger partial charge in [-0.25, -0.2) is 0 Å². The quantitative estimate of drug-likeness (QED) is 0.751. The van der Waals surface area contributed by atoms with Crippen molar-refractivity contribution in [2.45, 2.75) is 45.4 Å². The smallest absolute Gasteiger partial charge is 0.0708 e. The number of benzene rings is 1. The normalized spacial score (nSPS) is 14.9. The van der Waals surface area contributed by atoms with Gasteiger partial charge in [0.2, 0.25) is 0 Å². The fourth-order valence-electron chi connectivity index (χ4n) is 2.78. The lowest BCUT2D eigenvalue weighted by atomic mass is 9.94. The predicted molar refractivity (Wildman–Crippen MR) is 72.4 cm³/mol. The van der Waals surface area contributed by atoms with Gasteiger partial charge >= 0.3 is 0 Å². The summed E-state index contributed by atoms with van der Waals surface area (Å²) in [6.07, 6.45) is 7.39. The van der Waals surface area contributed by atoms with Gasteiger partial charge in [0.15, 0.2) is 0 Å². The van der Waals surface area contributed by atoms with Crippen molar-refractivity contribution >= 4 is 10.9 Å². The standard InChI is InChI=1S/C16H19N/c1-2-5-12-8-9-14-11-13-6-3-4-7-15(13)17-16(14)10-12/h8-11H,2-7H2,1H3. The van der Waals surface area contributed by atoms with Gasteiger partial charge in [-0.3, -0.25) is 4.98 Å². The highest BCUT2D eigenvalue weighted by Gasteiger charge is 2.11. The van der Waals surface area contributed by atoms with Crippen LogP contribution in [0.3, 0.4) is 0 Å². The van der Waals surface area contributed by atoms with E-state index in [1.54, 1.807) is 0 Å². The van der Waals surface area contributed by atoms with Crippen molar-refractivity contribution < 1.29 is 0 Å². The van der Waals surface area contributed by atoms with Crippen molar-refractivity contribution in [3.8, 4) is 0 Å². The van der Waals surface area contributed by atoms with Crippen LogP contribution in [-0.2, 0) is 19.3 Å². The minimum atomic E-state index is 1.16. The van der Waals surface area contributed by atoms with Crippen molar-refractivity contribution in [1.82, 2.24) is 4.98 Å². The van der Waals surface area contributed by atoms with Crippen LogP contribution in [0.5, 0.6) is 0 Å². The third-order valence-electron chi connectivity index (χ3n) is 3.70. The molecule has 0 aliphatic heterocycles. The van der Waals surface area contributed by atoms with E-state index in [1.165, 1.54) is 59.8 Å². The van der Waals surface area contributed by atoms with Crippen LogP contribution in [-0.4, -0.2) is 4.98 Å². The van der Waals surface area contributed by atoms with Crippen LogP contribution < -0.4 is 0 Å². The molecule has 0 amide bonds. The van der Waals surface area contributed by atoms with Crippen molar-refractivity contribution in [3.63, 3.8) is 0 Å². The summed E-state index contributed by atoms with van der Waals surface area (Å²) in [7, 11) is 0. The van der Waals surface area contributed by atoms with Crippen LogP contribution in [0.4, 0.5) is 0 Å². The summed E-state index contributed by atoms with van der Waals surface area (Å²) in [6.45, 7) is 2.23. The van der Waals surface area contributed by atoms with Crippen LogP contribution in [0.25, 0.3) is 10.9 Å². The Balaban J connectivity index is 2.10. The van der Waals surface area contributed by atoms with Crippen LogP contribution >= 0.6 is 0 Å². The van der Waals surface area contributed by atoms with Gasteiger partial charge < -0.3 is 0 Å². The van der Waals surface area contributed by atoms with E-state index in [-0.39, 0.29) is 0 Å². The summed E-state index contributed by atoms with van der Waals surface area (Å²) in [5.74, 6) is 0. The van der Waals surface area contributed by atoms with Gasteiger partial charge in [0, 0.05) is 11.1 Å². The number of pyridine rings is 1. The molecule has 0 fully saturated rings. The fourth-order valence-corrected chi connectivity index (χ4v) is 2.78. The first kappa shape index (κ1) is 10.8. The average Bonchev–Trinajstić information content (AvgIpc) is 2.36. The number of nitrogens with zero attached hydrogens (tertiary/aromatic N) is 1. The summed E-state index contributed by atoms with van der Waals surface area (Å²) in [6, 6.07) is 9.12. The summed E-state index contributed by atoms with van der Waals surface area (Å²) < 4.78 is 0. The molecule has 3 rings (SSSR count). The lowest BCUT2D eigenvalue weighted by Gasteiger charge is -2.15. The second-order valence-corrected chi connectivity index (χ2v) is 5.08. The lowest BCUT2D eigenvalue weighted by molar-refractivity contribution is 0.671. The van der Waals surface area contributed by atoms with Gasteiger partial charge in [-0.1, -0.05) is 25.5 Å². The van der Waals surface area contributed by atoms with Crippen molar-refractivity contribution in [2.75, 3.05) is 0 Å². The van der Waals surface area contributed by atoms with Crippen molar-refractivity contribution in [1.29, 1.82) is 0 Å². The second-order valence-electron chi connectivity index (χ2n) is 5.08. The van der Waals surface area contributed by atoms with Crippen LogP contribution in [0.2, 0.25) is 0 Å². The fraction of sp³-hybridized carbons (Fsp3) is 0.438. The molecule has 1 nitrogen and oxygen atoms in total. The molecule has 1 heterocycles. The Kier molecular flexibility index (Phi) is 2.84. The maximum absolute atomic E-state index is 4.86. The van der Waals surface area contributed by atoms with E-state index >= 15 is 0 Å². The zero-order valence-corrected chi connectivity index (χ0v) is 10.5. The van der Waals surface area contributed by atoms with E-state index in [4.69, 9.17) is 4.98 Å². The van der Waals surface area contributed by atoms with Gasteiger partial charge in [-0.05, 0) is 55.4 Å². The molecule has 0 radical (unpaired) electrons. The molecule has 88 valence electrons. The third kappa shape index (κ3) is 2.06. The Hall–Kier alpha value is -1.37. The SMILES string of the molecule is CCCc1ccc2cc3c(nc2c1)CCCC3. The minimum absolute atomic E-state index is 1.16. The molecule has 0 spiro atoms. The molecule has 0 saturated heterocycles. The number of rotatable bonds is 2. The Labute approximate surface area is 103 Å². The summed E-state index contributed by atoms with van der Waals surface area (Å²) >= 11 is 0. The van der Waals surface area contributed by atoms with Gasteiger partial charge in [-0.2, -0.15) is 0 Å². The maximum atomic E-state index is 4.86. The van der Waals surface area contributed by atoms with Crippen molar-refractivity contribution in [2.24, 2.45) is 0 Å². The van der Waals surface area contributed by atoms with Crippen LogP contribution in [0.15, 0.2) is 24.3 Å². The van der Waals surface area contributed by atoms with Crippen LogP contribution in [0, 0.1) is 0 Å². The van der Waals surface area contributed by atoms with Crippen molar-refractivity contribution in [3.05, 3.63) is 41.1 Å².